The van der Waals surface area contributed by atoms with Crippen molar-refractivity contribution in [1.29, 1.82) is 0 Å². The Kier molecular flexibility index (Phi) is 6.73. The summed E-state index contributed by atoms with van der Waals surface area (Å²) in [4.78, 5) is 24.5. The van der Waals surface area contributed by atoms with E-state index < -0.39 is 0 Å². The monoisotopic (exact) mass is 390 g/mol. The van der Waals surface area contributed by atoms with Crippen molar-refractivity contribution < 1.29 is 9.53 Å². The molecule has 2 aromatic rings. The SMILES string of the molecule is CCc1cccc(CC)c1NC(=O)CSc1n[nH]c(=O)n1CC1CCCO1. The lowest BCUT2D eigenvalue weighted by Gasteiger charge is -2.14. The number of nitrogens with one attached hydrogen (secondary N) is 2. The number of ether oxygens (including phenoxy) is 1. The van der Waals surface area contributed by atoms with E-state index in [0.29, 0.717) is 11.7 Å². The molecule has 1 aromatic carbocycles. The second kappa shape index (κ2) is 9.23. The zero-order valence-electron chi connectivity index (χ0n) is 15.8. The second-order valence-electron chi connectivity index (χ2n) is 6.55. The van der Waals surface area contributed by atoms with E-state index in [4.69, 9.17) is 4.74 Å². The molecule has 27 heavy (non-hydrogen) atoms. The van der Waals surface area contributed by atoms with E-state index in [2.05, 4.69) is 29.4 Å². The number of amides is 1. The van der Waals surface area contributed by atoms with Crippen LogP contribution in [-0.4, -0.2) is 39.1 Å². The molecule has 2 heterocycles. The average Bonchev–Trinajstić information content (AvgIpc) is 3.31. The Morgan fingerprint density at radius 2 is 2.11 bits per heavy atom. The van der Waals surface area contributed by atoms with Crippen LogP contribution < -0.4 is 11.0 Å². The minimum atomic E-state index is -0.266. The highest BCUT2D eigenvalue weighted by Gasteiger charge is 2.20. The Morgan fingerprint density at radius 3 is 2.74 bits per heavy atom. The summed E-state index contributed by atoms with van der Waals surface area (Å²) in [6, 6.07) is 6.10. The zero-order valence-corrected chi connectivity index (χ0v) is 16.6. The molecule has 0 aliphatic carbocycles. The fraction of sp³-hybridized carbons (Fsp3) is 0.526. The Labute approximate surface area is 162 Å². The van der Waals surface area contributed by atoms with Gasteiger partial charge in [0.1, 0.15) is 0 Å². The summed E-state index contributed by atoms with van der Waals surface area (Å²) in [5.41, 5.74) is 2.90. The number of carbonyl (C=O) groups is 1. The van der Waals surface area contributed by atoms with E-state index in [-0.39, 0.29) is 23.5 Å². The van der Waals surface area contributed by atoms with Gasteiger partial charge >= 0.3 is 5.69 Å². The number of anilines is 1. The Bertz CT molecular complexity index is 817. The number of thioether (sulfide) groups is 1. The zero-order chi connectivity index (χ0) is 19.2. The molecular formula is C19H26N4O3S. The van der Waals surface area contributed by atoms with E-state index in [1.54, 1.807) is 4.57 Å². The van der Waals surface area contributed by atoms with Crippen LogP contribution in [0.25, 0.3) is 0 Å². The van der Waals surface area contributed by atoms with Crippen molar-refractivity contribution in [3.05, 3.63) is 39.8 Å². The third-order valence-corrected chi connectivity index (χ3v) is 5.71. The van der Waals surface area contributed by atoms with Crippen LogP contribution >= 0.6 is 11.8 Å². The standard InChI is InChI=1S/C19H26N4O3S/c1-3-13-7-5-8-14(4-2)17(13)20-16(24)12-27-19-22-21-18(25)23(19)11-15-9-6-10-26-15/h5,7-8,15H,3-4,6,9-12H2,1-2H3,(H,20,24)(H,21,25). The highest BCUT2D eigenvalue weighted by molar-refractivity contribution is 7.99. The fourth-order valence-electron chi connectivity index (χ4n) is 3.28. The molecule has 0 bridgehead atoms. The second-order valence-corrected chi connectivity index (χ2v) is 7.49. The Morgan fingerprint density at radius 1 is 1.37 bits per heavy atom. The fourth-order valence-corrected chi connectivity index (χ4v) is 4.03. The van der Waals surface area contributed by atoms with Gasteiger partial charge in [0.25, 0.3) is 0 Å². The first-order chi connectivity index (χ1) is 13.1. The summed E-state index contributed by atoms with van der Waals surface area (Å²) in [7, 11) is 0. The summed E-state index contributed by atoms with van der Waals surface area (Å²) in [6.07, 6.45) is 3.71. The van der Waals surface area contributed by atoms with Gasteiger partial charge in [0.2, 0.25) is 5.91 Å². The molecule has 1 atom stereocenters. The van der Waals surface area contributed by atoms with E-state index >= 15 is 0 Å². The maximum atomic E-state index is 12.5. The molecule has 0 saturated carbocycles. The summed E-state index contributed by atoms with van der Waals surface area (Å²) in [5.74, 6) is 0.0894. The highest BCUT2D eigenvalue weighted by Crippen LogP contribution is 2.23. The van der Waals surface area contributed by atoms with Crippen LogP contribution in [0, 0.1) is 0 Å². The third kappa shape index (κ3) is 4.81. The molecule has 1 unspecified atom stereocenters. The number of para-hydroxylation sites is 1. The average molecular weight is 391 g/mol. The third-order valence-electron chi connectivity index (χ3n) is 4.73. The molecule has 0 radical (unpaired) electrons. The quantitative estimate of drug-likeness (QED) is 0.677. The van der Waals surface area contributed by atoms with Gasteiger partial charge in [-0.15, -0.1) is 5.10 Å². The van der Waals surface area contributed by atoms with Crippen molar-refractivity contribution in [2.24, 2.45) is 0 Å². The van der Waals surface area contributed by atoms with Gasteiger partial charge in [-0.3, -0.25) is 9.36 Å². The van der Waals surface area contributed by atoms with Crippen LogP contribution in [0.2, 0.25) is 0 Å². The number of aromatic nitrogens is 3. The van der Waals surface area contributed by atoms with Gasteiger partial charge < -0.3 is 10.1 Å². The number of aryl methyl sites for hydroxylation is 2. The van der Waals surface area contributed by atoms with Crippen LogP contribution in [0.15, 0.2) is 28.2 Å². The number of aromatic amines is 1. The van der Waals surface area contributed by atoms with Crippen LogP contribution in [-0.2, 0) is 28.9 Å². The van der Waals surface area contributed by atoms with Gasteiger partial charge in [0.15, 0.2) is 5.16 Å². The number of hydrogen-bond acceptors (Lipinski definition) is 5. The van der Waals surface area contributed by atoms with E-state index in [9.17, 15) is 9.59 Å². The van der Waals surface area contributed by atoms with Crippen molar-refractivity contribution >= 4 is 23.4 Å². The molecule has 1 aromatic heterocycles. The Hall–Kier alpha value is -2.06. The van der Waals surface area contributed by atoms with Gasteiger partial charge in [-0.25, -0.2) is 9.89 Å². The first-order valence-electron chi connectivity index (χ1n) is 9.42. The lowest BCUT2D eigenvalue weighted by Crippen LogP contribution is -2.25. The minimum absolute atomic E-state index is 0.0389. The molecule has 1 aliphatic heterocycles. The molecule has 1 amide bonds. The molecule has 8 heteroatoms. The van der Waals surface area contributed by atoms with Crippen molar-refractivity contribution in [2.45, 2.75) is 57.3 Å². The maximum Gasteiger partial charge on any atom is 0.344 e. The lowest BCUT2D eigenvalue weighted by atomic mass is 10.0. The van der Waals surface area contributed by atoms with Crippen molar-refractivity contribution in [1.82, 2.24) is 14.8 Å². The molecule has 3 rings (SSSR count). The number of hydrogen-bond donors (Lipinski definition) is 2. The number of carbonyl (C=O) groups excluding carboxylic acids is 1. The first kappa shape index (κ1) is 19.7. The molecule has 0 spiro atoms. The topological polar surface area (TPSA) is 89.0 Å². The van der Waals surface area contributed by atoms with Crippen LogP contribution in [0.1, 0.15) is 37.8 Å². The molecule has 7 nitrogen and oxygen atoms in total. The molecule has 1 aliphatic rings. The van der Waals surface area contributed by atoms with E-state index in [1.165, 1.54) is 11.8 Å². The maximum absolute atomic E-state index is 12.5. The highest BCUT2D eigenvalue weighted by atomic mass is 32.2. The normalized spacial score (nSPS) is 16.6. The molecule has 146 valence electrons. The van der Waals surface area contributed by atoms with Crippen molar-refractivity contribution in [3.8, 4) is 0 Å². The summed E-state index contributed by atoms with van der Waals surface area (Å²) >= 11 is 1.26. The van der Waals surface area contributed by atoms with Crippen LogP contribution in [0.5, 0.6) is 0 Å². The van der Waals surface area contributed by atoms with Gasteiger partial charge in [-0.1, -0.05) is 43.8 Å². The Balaban J connectivity index is 1.64. The van der Waals surface area contributed by atoms with Gasteiger partial charge in [-0.05, 0) is 36.8 Å². The van der Waals surface area contributed by atoms with Gasteiger partial charge in [0.05, 0.1) is 18.4 Å². The minimum Gasteiger partial charge on any atom is -0.376 e. The van der Waals surface area contributed by atoms with Gasteiger partial charge in [0, 0.05) is 12.3 Å². The lowest BCUT2D eigenvalue weighted by molar-refractivity contribution is -0.113. The predicted molar refractivity (Wildman–Crippen MR) is 106 cm³/mol. The molecule has 2 N–H and O–H groups in total. The number of H-pyrrole nitrogens is 1. The van der Waals surface area contributed by atoms with Crippen molar-refractivity contribution in [2.75, 3.05) is 17.7 Å². The first-order valence-corrected chi connectivity index (χ1v) is 10.4. The number of rotatable bonds is 8. The summed E-state index contributed by atoms with van der Waals surface area (Å²) in [6.45, 7) is 5.36. The molecular weight excluding hydrogens is 364 g/mol. The number of benzene rings is 1. The summed E-state index contributed by atoms with van der Waals surface area (Å²) in [5, 5.41) is 10.1. The smallest absolute Gasteiger partial charge is 0.344 e. The summed E-state index contributed by atoms with van der Waals surface area (Å²) < 4.78 is 7.16. The van der Waals surface area contributed by atoms with E-state index in [1.807, 2.05) is 18.2 Å². The van der Waals surface area contributed by atoms with E-state index in [0.717, 1.165) is 49.1 Å². The largest absolute Gasteiger partial charge is 0.376 e. The van der Waals surface area contributed by atoms with Gasteiger partial charge in [-0.2, -0.15) is 0 Å². The van der Waals surface area contributed by atoms with Crippen LogP contribution in [0.3, 0.4) is 0 Å². The molecule has 1 fully saturated rings. The van der Waals surface area contributed by atoms with Crippen LogP contribution in [0.4, 0.5) is 5.69 Å². The van der Waals surface area contributed by atoms with Crippen molar-refractivity contribution in [3.63, 3.8) is 0 Å². The predicted octanol–water partition coefficient (Wildman–Crippen LogP) is 2.61. The number of nitrogens with zero attached hydrogens (tertiary/aromatic N) is 2. The molecule has 1 saturated heterocycles.